The highest BCUT2D eigenvalue weighted by molar-refractivity contribution is 5.73. The number of rotatable bonds is 6. The zero-order valence-electron chi connectivity index (χ0n) is 15.0. The highest BCUT2D eigenvalue weighted by Crippen LogP contribution is 2.32. The number of ether oxygens (including phenoxy) is 1. The zero-order chi connectivity index (χ0) is 18.5. The molecule has 2 aromatic rings. The molecule has 1 fully saturated rings. The topological polar surface area (TPSA) is 79.0 Å². The maximum Gasteiger partial charge on any atom is 0.305 e. The highest BCUT2D eigenvalue weighted by atomic mass is 16.5. The molecule has 3 rings (SSSR count). The third-order valence-corrected chi connectivity index (χ3v) is 4.77. The predicted molar refractivity (Wildman–Crippen MR) is 103 cm³/mol. The second-order valence-electron chi connectivity index (χ2n) is 6.59. The number of anilines is 2. The first kappa shape index (κ1) is 18.1. The molecule has 3 N–H and O–H groups in total. The number of benzene rings is 2. The van der Waals surface area contributed by atoms with Gasteiger partial charge in [-0.25, -0.2) is 0 Å². The van der Waals surface area contributed by atoms with Gasteiger partial charge in [0.25, 0.3) is 0 Å². The Labute approximate surface area is 153 Å². The van der Waals surface area contributed by atoms with E-state index < -0.39 is 5.97 Å². The largest absolute Gasteiger partial charge is 0.497 e. The monoisotopic (exact) mass is 355 g/mol. The average Bonchev–Trinajstić information content (AvgIpc) is 2.63. The molecule has 2 aromatic carbocycles. The summed E-state index contributed by atoms with van der Waals surface area (Å²) in [6.07, 6.45) is 0.0714. The molecule has 0 aliphatic carbocycles. The van der Waals surface area contributed by atoms with Crippen LogP contribution in [0.1, 0.15) is 12.0 Å². The van der Waals surface area contributed by atoms with Gasteiger partial charge in [0.05, 0.1) is 30.9 Å². The van der Waals surface area contributed by atoms with E-state index in [1.165, 1.54) is 5.56 Å². The lowest BCUT2D eigenvalue weighted by molar-refractivity contribution is -0.137. The van der Waals surface area contributed by atoms with E-state index in [2.05, 4.69) is 21.9 Å². The minimum absolute atomic E-state index is 0.0714. The van der Waals surface area contributed by atoms with E-state index in [0.717, 1.165) is 31.1 Å². The lowest BCUT2D eigenvalue weighted by Gasteiger charge is -2.42. The van der Waals surface area contributed by atoms with Crippen molar-refractivity contribution in [1.82, 2.24) is 4.90 Å². The van der Waals surface area contributed by atoms with E-state index in [9.17, 15) is 9.90 Å². The SMILES string of the molecule is COc1ccc(N)c(N2CCN(Cc3ccccc3)C[C@@H]2CC(=O)O)c1. The van der Waals surface area contributed by atoms with Gasteiger partial charge in [-0.05, 0) is 17.7 Å². The average molecular weight is 355 g/mol. The van der Waals surface area contributed by atoms with Crippen LogP contribution in [-0.2, 0) is 11.3 Å². The molecule has 1 heterocycles. The smallest absolute Gasteiger partial charge is 0.305 e. The van der Waals surface area contributed by atoms with Crippen molar-refractivity contribution in [2.45, 2.75) is 19.0 Å². The van der Waals surface area contributed by atoms with Crippen molar-refractivity contribution in [3.05, 3.63) is 54.1 Å². The molecule has 0 radical (unpaired) electrons. The molecule has 1 aliphatic heterocycles. The van der Waals surface area contributed by atoms with Gasteiger partial charge in [0.1, 0.15) is 5.75 Å². The first-order chi connectivity index (χ1) is 12.6. The van der Waals surface area contributed by atoms with E-state index in [1.54, 1.807) is 7.11 Å². The number of carboxylic acids is 1. The summed E-state index contributed by atoms with van der Waals surface area (Å²) in [6, 6.07) is 15.6. The third-order valence-electron chi connectivity index (χ3n) is 4.77. The summed E-state index contributed by atoms with van der Waals surface area (Å²) in [5.41, 5.74) is 8.88. The van der Waals surface area contributed by atoms with Crippen LogP contribution in [0.5, 0.6) is 5.75 Å². The van der Waals surface area contributed by atoms with Crippen molar-refractivity contribution in [2.75, 3.05) is 37.4 Å². The molecule has 138 valence electrons. The van der Waals surface area contributed by atoms with Crippen LogP contribution in [0.25, 0.3) is 0 Å². The Bertz CT molecular complexity index is 751. The molecule has 0 amide bonds. The second kappa shape index (κ2) is 8.10. The molecule has 0 aromatic heterocycles. The van der Waals surface area contributed by atoms with Gasteiger partial charge in [0.15, 0.2) is 0 Å². The Kier molecular flexibility index (Phi) is 5.63. The Morgan fingerprint density at radius 1 is 1.23 bits per heavy atom. The maximum atomic E-state index is 11.4. The van der Waals surface area contributed by atoms with Gasteiger partial charge in [-0.1, -0.05) is 30.3 Å². The molecule has 1 saturated heterocycles. The van der Waals surface area contributed by atoms with Crippen molar-refractivity contribution >= 4 is 17.3 Å². The van der Waals surface area contributed by atoms with Crippen molar-refractivity contribution in [3.8, 4) is 5.75 Å². The van der Waals surface area contributed by atoms with E-state index >= 15 is 0 Å². The van der Waals surface area contributed by atoms with Gasteiger partial charge in [-0.2, -0.15) is 0 Å². The molecule has 26 heavy (non-hydrogen) atoms. The number of methoxy groups -OCH3 is 1. The summed E-state index contributed by atoms with van der Waals surface area (Å²) in [6.45, 7) is 3.07. The second-order valence-corrected chi connectivity index (χ2v) is 6.59. The fourth-order valence-corrected chi connectivity index (χ4v) is 3.50. The predicted octanol–water partition coefficient (Wildman–Crippen LogP) is 2.44. The van der Waals surface area contributed by atoms with E-state index in [0.29, 0.717) is 12.2 Å². The number of hydrogen-bond acceptors (Lipinski definition) is 5. The fraction of sp³-hybridized carbons (Fsp3) is 0.350. The molecule has 1 aliphatic rings. The quantitative estimate of drug-likeness (QED) is 0.775. The van der Waals surface area contributed by atoms with E-state index in [1.807, 2.05) is 36.4 Å². The summed E-state index contributed by atoms with van der Waals surface area (Å²) in [7, 11) is 1.61. The summed E-state index contributed by atoms with van der Waals surface area (Å²) >= 11 is 0. The third kappa shape index (κ3) is 4.26. The summed E-state index contributed by atoms with van der Waals surface area (Å²) in [4.78, 5) is 15.8. The number of nitrogen functional groups attached to an aromatic ring is 1. The van der Waals surface area contributed by atoms with Gasteiger partial charge in [0, 0.05) is 32.2 Å². The van der Waals surface area contributed by atoms with Crippen LogP contribution in [0.15, 0.2) is 48.5 Å². The van der Waals surface area contributed by atoms with Gasteiger partial charge in [-0.3, -0.25) is 9.69 Å². The molecule has 0 spiro atoms. The first-order valence-electron chi connectivity index (χ1n) is 8.75. The number of hydrogen-bond donors (Lipinski definition) is 2. The van der Waals surface area contributed by atoms with Crippen LogP contribution in [0.4, 0.5) is 11.4 Å². The minimum atomic E-state index is -0.803. The maximum absolute atomic E-state index is 11.4. The summed E-state index contributed by atoms with van der Waals surface area (Å²) in [5.74, 6) is -0.0852. The fourth-order valence-electron chi connectivity index (χ4n) is 3.50. The molecule has 0 saturated carbocycles. The number of aliphatic carboxylic acids is 1. The van der Waals surface area contributed by atoms with Crippen LogP contribution < -0.4 is 15.4 Å². The Morgan fingerprint density at radius 3 is 2.69 bits per heavy atom. The van der Waals surface area contributed by atoms with Crippen molar-refractivity contribution in [1.29, 1.82) is 0 Å². The lowest BCUT2D eigenvalue weighted by Crippen LogP contribution is -2.53. The Balaban J connectivity index is 1.79. The number of carboxylic acid groups (broad SMARTS) is 1. The lowest BCUT2D eigenvalue weighted by atomic mass is 10.1. The molecular weight excluding hydrogens is 330 g/mol. The number of nitrogens with zero attached hydrogens (tertiary/aromatic N) is 2. The number of piperazine rings is 1. The van der Waals surface area contributed by atoms with E-state index in [4.69, 9.17) is 10.5 Å². The standard InChI is InChI=1S/C20H25N3O3/c1-26-17-7-8-18(21)19(12-17)23-10-9-22(14-16(23)11-20(24)25)13-15-5-3-2-4-6-15/h2-8,12,16H,9-11,13-14,21H2,1H3,(H,24,25)/t16-/m0/s1. The van der Waals surface area contributed by atoms with Crippen molar-refractivity contribution in [2.24, 2.45) is 0 Å². The first-order valence-corrected chi connectivity index (χ1v) is 8.75. The Morgan fingerprint density at radius 2 is 2.00 bits per heavy atom. The Hall–Kier alpha value is -2.73. The summed E-state index contributed by atoms with van der Waals surface area (Å²) in [5, 5.41) is 9.38. The van der Waals surface area contributed by atoms with E-state index in [-0.39, 0.29) is 12.5 Å². The normalized spacial score (nSPS) is 17.9. The van der Waals surface area contributed by atoms with Crippen LogP contribution >= 0.6 is 0 Å². The van der Waals surface area contributed by atoms with Gasteiger partial charge >= 0.3 is 5.97 Å². The van der Waals surface area contributed by atoms with Crippen molar-refractivity contribution in [3.63, 3.8) is 0 Å². The van der Waals surface area contributed by atoms with Crippen LogP contribution in [0, 0.1) is 0 Å². The molecule has 6 nitrogen and oxygen atoms in total. The molecule has 1 atom stereocenters. The number of carbonyl (C=O) groups is 1. The molecule has 0 bridgehead atoms. The van der Waals surface area contributed by atoms with Gasteiger partial charge in [-0.15, -0.1) is 0 Å². The van der Waals surface area contributed by atoms with Crippen LogP contribution in [-0.4, -0.2) is 48.8 Å². The molecular formula is C20H25N3O3. The highest BCUT2D eigenvalue weighted by Gasteiger charge is 2.30. The van der Waals surface area contributed by atoms with Gasteiger partial charge in [0.2, 0.25) is 0 Å². The zero-order valence-corrected chi connectivity index (χ0v) is 15.0. The van der Waals surface area contributed by atoms with Crippen LogP contribution in [0.3, 0.4) is 0 Å². The number of nitrogens with two attached hydrogens (primary N) is 1. The summed E-state index contributed by atoms with van der Waals surface area (Å²) < 4.78 is 5.31. The van der Waals surface area contributed by atoms with Crippen molar-refractivity contribution < 1.29 is 14.6 Å². The molecule has 6 heteroatoms. The van der Waals surface area contributed by atoms with Crippen LogP contribution in [0.2, 0.25) is 0 Å². The minimum Gasteiger partial charge on any atom is -0.497 e. The van der Waals surface area contributed by atoms with Gasteiger partial charge < -0.3 is 20.5 Å². The molecule has 0 unspecified atom stereocenters.